The van der Waals surface area contributed by atoms with E-state index in [1.54, 1.807) is 37.4 Å². The molecule has 3 aromatic carbocycles. The van der Waals surface area contributed by atoms with Gasteiger partial charge in [-0.15, -0.1) is 0 Å². The number of benzene rings is 3. The van der Waals surface area contributed by atoms with Crippen LogP contribution >= 0.6 is 0 Å². The fraction of sp³-hybridized carbons (Fsp3) is 0.424. The molecule has 3 aromatic rings. The molecule has 0 saturated heterocycles. The Bertz CT molecular complexity index is 1540. The molecule has 0 aliphatic carbocycles. The number of carbonyl (C=O) groups excluding carboxylic acids is 1. The van der Waals surface area contributed by atoms with E-state index < -0.39 is 16.1 Å². The van der Waals surface area contributed by atoms with Crippen LogP contribution in [0.15, 0.2) is 59.5 Å². The number of carbonyl (C=O) groups is 1. The van der Waals surface area contributed by atoms with Crippen LogP contribution in [0.5, 0.6) is 11.5 Å². The van der Waals surface area contributed by atoms with Crippen molar-refractivity contribution in [2.45, 2.75) is 83.8 Å². The third-order valence-electron chi connectivity index (χ3n) is 7.66. The Morgan fingerprint density at radius 1 is 1.00 bits per heavy atom. The lowest BCUT2D eigenvalue weighted by molar-refractivity contribution is -0.128. The van der Waals surface area contributed by atoms with Gasteiger partial charge in [-0.2, -0.15) is 0 Å². The molecule has 2 atom stereocenters. The number of anilines is 1. The molecule has 0 fully saturated rings. The first kappa shape index (κ1) is 30.4. The summed E-state index contributed by atoms with van der Waals surface area (Å²) >= 11 is 0. The maximum atomic E-state index is 14.0. The minimum atomic E-state index is -3.97. The molecule has 0 spiro atoms. The van der Waals surface area contributed by atoms with E-state index in [2.05, 4.69) is 46.0 Å². The van der Waals surface area contributed by atoms with Crippen molar-refractivity contribution < 1.29 is 22.7 Å². The van der Waals surface area contributed by atoms with Gasteiger partial charge in [-0.3, -0.25) is 9.10 Å². The van der Waals surface area contributed by atoms with Crippen molar-refractivity contribution in [2.75, 3.05) is 18.0 Å². The molecule has 0 aromatic heterocycles. The summed E-state index contributed by atoms with van der Waals surface area (Å²) in [5.74, 6) is 1.03. The summed E-state index contributed by atoms with van der Waals surface area (Å²) in [6.07, 6.45) is -1.03. The topological polar surface area (TPSA) is 84.9 Å². The van der Waals surface area contributed by atoms with E-state index in [1.807, 2.05) is 39.0 Å². The Labute approximate surface area is 244 Å². The van der Waals surface area contributed by atoms with Crippen molar-refractivity contribution in [1.29, 1.82) is 0 Å². The summed E-state index contributed by atoms with van der Waals surface area (Å²) in [6, 6.07) is 16.0. The van der Waals surface area contributed by atoms with Gasteiger partial charge in [0.2, 0.25) is 0 Å². The molecule has 220 valence electrons. The second kappa shape index (κ2) is 11.4. The first-order chi connectivity index (χ1) is 19.1. The molecule has 1 N–H and O–H groups in total. The van der Waals surface area contributed by atoms with Gasteiger partial charge >= 0.3 is 0 Å². The average molecular weight is 579 g/mol. The SMILES string of the molecule is COc1cc(C)c([C@@H](C)NC(=O)[C@H]2CN(S(=O)(=O)c3ccc(C)cc3)c3cc(C(C)(C)C)ccc3O2)cc1C(C)C. The largest absolute Gasteiger partial charge is 0.496 e. The number of aryl methyl sites for hydroxylation is 2. The van der Waals surface area contributed by atoms with Crippen molar-refractivity contribution in [2.24, 2.45) is 0 Å². The number of hydrogen-bond acceptors (Lipinski definition) is 5. The standard InChI is InChI=1S/C33H42N2O5S/c1-20(2)26-18-27(22(4)16-30(26)39-9)23(5)34-32(36)31-19-35(41(37,38)25-13-10-21(3)11-14-25)28-17-24(33(6,7)8)12-15-29(28)40-31/h10-18,20,23,31H,19H2,1-9H3,(H,34,36)/t23-,31-/m1/s1. The minimum Gasteiger partial charge on any atom is -0.496 e. The fourth-order valence-corrected chi connectivity index (χ4v) is 6.58. The lowest BCUT2D eigenvalue weighted by atomic mass is 9.86. The summed E-state index contributed by atoms with van der Waals surface area (Å²) in [5.41, 5.74) is 5.18. The predicted octanol–water partition coefficient (Wildman–Crippen LogP) is 6.57. The lowest BCUT2D eigenvalue weighted by Gasteiger charge is -2.36. The minimum absolute atomic E-state index is 0.145. The van der Waals surface area contributed by atoms with E-state index in [4.69, 9.17) is 9.47 Å². The smallest absolute Gasteiger partial charge is 0.264 e. The monoisotopic (exact) mass is 578 g/mol. The summed E-state index contributed by atoms with van der Waals surface area (Å²) in [4.78, 5) is 13.8. The first-order valence-corrected chi connectivity index (χ1v) is 15.5. The van der Waals surface area contributed by atoms with Crippen LogP contribution in [0, 0.1) is 13.8 Å². The molecule has 4 rings (SSSR count). The molecular weight excluding hydrogens is 536 g/mol. The highest BCUT2D eigenvalue weighted by atomic mass is 32.2. The molecule has 0 unspecified atom stereocenters. The van der Waals surface area contributed by atoms with Crippen LogP contribution in [0.3, 0.4) is 0 Å². The second-order valence-corrected chi connectivity index (χ2v) is 14.1. The second-order valence-electron chi connectivity index (χ2n) is 12.2. The summed E-state index contributed by atoms with van der Waals surface area (Å²) in [7, 11) is -2.31. The average Bonchev–Trinajstić information content (AvgIpc) is 2.91. The number of methoxy groups -OCH3 is 1. The lowest BCUT2D eigenvalue weighted by Crippen LogP contribution is -2.51. The normalized spacial score (nSPS) is 16.1. The molecule has 1 aliphatic heterocycles. The number of sulfonamides is 1. The number of hydrogen-bond donors (Lipinski definition) is 1. The summed E-state index contributed by atoms with van der Waals surface area (Å²) in [5, 5.41) is 3.07. The zero-order chi connectivity index (χ0) is 30.3. The van der Waals surface area contributed by atoms with Gasteiger partial charge in [0.15, 0.2) is 6.10 Å². The molecular formula is C33H42N2O5S. The molecule has 41 heavy (non-hydrogen) atoms. The van der Waals surface area contributed by atoms with E-state index >= 15 is 0 Å². The van der Waals surface area contributed by atoms with Crippen LogP contribution in [-0.4, -0.2) is 34.1 Å². The van der Waals surface area contributed by atoms with Crippen LogP contribution in [0.1, 0.15) is 81.3 Å². The summed E-state index contributed by atoms with van der Waals surface area (Å²) < 4.78 is 41.0. The summed E-state index contributed by atoms with van der Waals surface area (Å²) in [6.45, 7) is 16.1. The van der Waals surface area contributed by atoms with Gasteiger partial charge in [0.1, 0.15) is 11.5 Å². The molecule has 7 nitrogen and oxygen atoms in total. The van der Waals surface area contributed by atoms with Crippen molar-refractivity contribution in [1.82, 2.24) is 5.32 Å². The van der Waals surface area contributed by atoms with Crippen molar-refractivity contribution in [3.05, 3.63) is 82.4 Å². The van der Waals surface area contributed by atoms with E-state index in [0.29, 0.717) is 11.4 Å². The van der Waals surface area contributed by atoms with E-state index in [9.17, 15) is 13.2 Å². The molecule has 0 bridgehead atoms. The first-order valence-electron chi connectivity index (χ1n) is 14.0. The van der Waals surface area contributed by atoms with E-state index in [1.165, 1.54) is 4.31 Å². The molecule has 1 amide bonds. The highest BCUT2D eigenvalue weighted by Gasteiger charge is 2.38. The number of nitrogens with one attached hydrogen (secondary N) is 1. The highest BCUT2D eigenvalue weighted by Crippen LogP contribution is 2.40. The van der Waals surface area contributed by atoms with Crippen LogP contribution in [0.25, 0.3) is 0 Å². The van der Waals surface area contributed by atoms with Crippen LogP contribution in [0.2, 0.25) is 0 Å². The molecule has 1 heterocycles. The number of nitrogens with zero attached hydrogens (tertiary/aromatic N) is 1. The fourth-order valence-electron chi connectivity index (χ4n) is 5.11. The highest BCUT2D eigenvalue weighted by molar-refractivity contribution is 7.92. The van der Waals surface area contributed by atoms with Gasteiger partial charge < -0.3 is 14.8 Å². The molecule has 0 radical (unpaired) electrons. The van der Waals surface area contributed by atoms with Crippen molar-refractivity contribution in [3.8, 4) is 11.5 Å². The van der Waals surface area contributed by atoms with E-state index in [-0.39, 0.29) is 34.7 Å². The van der Waals surface area contributed by atoms with Crippen LogP contribution < -0.4 is 19.1 Å². The number of ether oxygens (including phenoxy) is 2. The molecule has 0 saturated carbocycles. The van der Waals surface area contributed by atoms with Gasteiger partial charge in [-0.1, -0.05) is 58.4 Å². The Balaban J connectivity index is 1.69. The van der Waals surface area contributed by atoms with Crippen molar-refractivity contribution in [3.63, 3.8) is 0 Å². The van der Waals surface area contributed by atoms with Crippen LogP contribution in [-0.2, 0) is 20.2 Å². The zero-order valence-corrected chi connectivity index (χ0v) is 26.3. The third kappa shape index (κ3) is 6.22. The zero-order valence-electron chi connectivity index (χ0n) is 25.5. The van der Waals surface area contributed by atoms with Crippen molar-refractivity contribution >= 4 is 21.6 Å². The van der Waals surface area contributed by atoms with Crippen LogP contribution in [0.4, 0.5) is 5.69 Å². The maximum absolute atomic E-state index is 14.0. The maximum Gasteiger partial charge on any atom is 0.264 e. The third-order valence-corrected chi connectivity index (χ3v) is 9.46. The van der Waals surface area contributed by atoms with Gasteiger partial charge in [0, 0.05) is 0 Å². The Morgan fingerprint density at radius 3 is 2.24 bits per heavy atom. The molecule has 1 aliphatic rings. The Morgan fingerprint density at radius 2 is 1.66 bits per heavy atom. The number of fused-ring (bicyclic) bond motifs is 1. The number of rotatable bonds is 7. The predicted molar refractivity (Wildman–Crippen MR) is 164 cm³/mol. The van der Waals surface area contributed by atoms with E-state index in [0.717, 1.165) is 33.6 Å². The van der Waals surface area contributed by atoms with Gasteiger partial charge in [0.05, 0.1) is 30.3 Å². The van der Waals surface area contributed by atoms with Gasteiger partial charge in [-0.05, 0) is 90.8 Å². The Hall–Kier alpha value is -3.52. The quantitative estimate of drug-likeness (QED) is 0.343. The van der Waals surface area contributed by atoms with Gasteiger partial charge in [-0.25, -0.2) is 8.42 Å². The Kier molecular flexibility index (Phi) is 8.46. The number of amides is 1. The molecule has 8 heteroatoms. The van der Waals surface area contributed by atoms with Gasteiger partial charge in [0.25, 0.3) is 15.9 Å².